The molecule has 1 aromatic heterocycles. The Morgan fingerprint density at radius 2 is 2.27 bits per heavy atom. The average Bonchev–Trinajstić information content (AvgIpc) is 2.69. The Morgan fingerprint density at radius 3 is 2.87 bits per heavy atom. The third-order valence-electron chi connectivity index (χ3n) is 3.49. The Labute approximate surface area is 90.7 Å². The van der Waals surface area contributed by atoms with E-state index < -0.39 is 0 Å². The van der Waals surface area contributed by atoms with Crippen LogP contribution in [0.4, 0.5) is 0 Å². The maximum atomic E-state index is 11.5. The monoisotopic (exact) mass is 206 g/mol. The van der Waals surface area contributed by atoms with Gasteiger partial charge in [-0.1, -0.05) is 13.8 Å². The van der Waals surface area contributed by atoms with Gasteiger partial charge in [0, 0.05) is 18.8 Å². The van der Waals surface area contributed by atoms with Crippen LogP contribution in [0.25, 0.3) is 0 Å². The number of rotatable bonds is 2. The summed E-state index contributed by atoms with van der Waals surface area (Å²) >= 11 is 0. The molecule has 1 aliphatic rings. The van der Waals surface area contributed by atoms with Crippen LogP contribution in [0.15, 0.2) is 22.8 Å². The first-order valence-corrected chi connectivity index (χ1v) is 5.73. The van der Waals surface area contributed by atoms with Crippen LogP contribution in [0, 0.1) is 11.8 Å². The molecule has 1 aliphatic carbocycles. The van der Waals surface area contributed by atoms with Crippen LogP contribution in [0.3, 0.4) is 0 Å². The lowest BCUT2D eigenvalue weighted by Crippen LogP contribution is -2.26. The molecule has 1 fully saturated rings. The standard InChI is InChI=1S/C13H18O2/c1-9(2)11-6-5-10(14)8-12(11)13-4-3-7-15-13/h3-4,7,9,11-12H,5-6,8H2,1-2H3. The van der Waals surface area contributed by atoms with Crippen molar-refractivity contribution < 1.29 is 9.21 Å². The summed E-state index contributed by atoms with van der Waals surface area (Å²) in [6.45, 7) is 4.47. The van der Waals surface area contributed by atoms with Crippen LogP contribution in [0.5, 0.6) is 0 Å². The maximum absolute atomic E-state index is 11.5. The predicted molar refractivity (Wildman–Crippen MR) is 58.6 cm³/mol. The maximum Gasteiger partial charge on any atom is 0.133 e. The minimum absolute atomic E-state index is 0.307. The van der Waals surface area contributed by atoms with E-state index in [4.69, 9.17) is 4.42 Å². The molecule has 2 rings (SSSR count). The first-order valence-electron chi connectivity index (χ1n) is 5.73. The van der Waals surface area contributed by atoms with Crippen LogP contribution < -0.4 is 0 Å². The van der Waals surface area contributed by atoms with Crippen LogP contribution in [-0.4, -0.2) is 5.78 Å². The van der Waals surface area contributed by atoms with E-state index in [1.54, 1.807) is 6.26 Å². The fourth-order valence-corrected chi connectivity index (χ4v) is 2.64. The highest BCUT2D eigenvalue weighted by molar-refractivity contribution is 5.80. The van der Waals surface area contributed by atoms with Gasteiger partial charge < -0.3 is 4.42 Å². The van der Waals surface area contributed by atoms with Gasteiger partial charge in [-0.15, -0.1) is 0 Å². The van der Waals surface area contributed by atoms with Crippen LogP contribution in [0.2, 0.25) is 0 Å². The number of ketones is 1. The highest BCUT2D eigenvalue weighted by Crippen LogP contribution is 2.40. The zero-order valence-corrected chi connectivity index (χ0v) is 9.40. The third-order valence-corrected chi connectivity index (χ3v) is 3.49. The molecule has 0 spiro atoms. The second-order valence-corrected chi connectivity index (χ2v) is 4.81. The van der Waals surface area contributed by atoms with Gasteiger partial charge in [0.1, 0.15) is 11.5 Å². The van der Waals surface area contributed by atoms with Crippen molar-refractivity contribution in [2.24, 2.45) is 11.8 Å². The molecule has 82 valence electrons. The van der Waals surface area contributed by atoms with Crippen LogP contribution >= 0.6 is 0 Å². The van der Waals surface area contributed by atoms with E-state index in [1.807, 2.05) is 12.1 Å². The van der Waals surface area contributed by atoms with Crippen molar-refractivity contribution in [1.29, 1.82) is 0 Å². The number of carbonyl (C=O) groups excluding carboxylic acids is 1. The van der Waals surface area contributed by atoms with E-state index in [2.05, 4.69) is 13.8 Å². The molecule has 2 atom stereocenters. The number of hydrogen-bond donors (Lipinski definition) is 0. The topological polar surface area (TPSA) is 30.2 Å². The Morgan fingerprint density at radius 1 is 1.47 bits per heavy atom. The lowest BCUT2D eigenvalue weighted by atomic mass is 9.72. The summed E-state index contributed by atoms with van der Waals surface area (Å²) in [4.78, 5) is 11.5. The molecule has 1 saturated carbocycles. The Bertz CT molecular complexity index is 324. The minimum atomic E-state index is 0.307. The quantitative estimate of drug-likeness (QED) is 0.742. The van der Waals surface area contributed by atoms with Crippen LogP contribution in [-0.2, 0) is 4.79 Å². The molecule has 0 aliphatic heterocycles. The minimum Gasteiger partial charge on any atom is -0.469 e. The number of furan rings is 1. The van der Waals surface area contributed by atoms with Gasteiger partial charge in [-0.3, -0.25) is 4.79 Å². The van der Waals surface area contributed by atoms with Crippen molar-refractivity contribution in [3.8, 4) is 0 Å². The Hall–Kier alpha value is -1.05. The lowest BCUT2D eigenvalue weighted by molar-refractivity contribution is -0.122. The number of carbonyl (C=O) groups is 1. The molecule has 1 heterocycles. The molecule has 2 heteroatoms. The molecule has 0 radical (unpaired) electrons. The second kappa shape index (κ2) is 4.21. The van der Waals surface area contributed by atoms with Gasteiger partial charge in [-0.05, 0) is 30.4 Å². The van der Waals surface area contributed by atoms with Crippen LogP contribution in [0.1, 0.15) is 44.8 Å². The van der Waals surface area contributed by atoms with E-state index in [9.17, 15) is 4.79 Å². The van der Waals surface area contributed by atoms with Gasteiger partial charge in [0.05, 0.1) is 6.26 Å². The van der Waals surface area contributed by atoms with Gasteiger partial charge >= 0.3 is 0 Å². The largest absolute Gasteiger partial charge is 0.469 e. The molecule has 0 amide bonds. The molecule has 0 aromatic carbocycles. The summed E-state index contributed by atoms with van der Waals surface area (Å²) in [5.74, 6) is 2.89. The zero-order valence-electron chi connectivity index (χ0n) is 9.40. The summed E-state index contributed by atoms with van der Waals surface area (Å²) in [6, 6.07) is 3.91. The van der Waals surface area contributed by atoms with E-state index in [0.717, 1.165) is 18.6 Å². The van der Waals surface area contributed by atoms with Crippen molar-refractivity contribution in [2.75, 3.05) is 0 Å². The number of Topliss-reactive ketones (excluding diaryl/α,β-unsaturated/α-hetero) is 1. The van der Waals surface area contributed by atoms with E-state index in [-0.39, 0.29) is 0 Å². The summed E-state index contributed by atoms with van der Waals surface area (Å²) in [5, 5.41) is 0. The molecule has 0 bridgehead atoms. The lowest BCUT2D eigenvalue weighted by Gasteiger charge is -2.32. The second-order valence-electron chi connectivity index (χ2n) is 4.81. The molecule has 1 aromatic rings. The molecule has 0 N–H and O–H groups in total. The van der Waals surface area contributed by atoms with Crippen molar-refractivity contribution in [1.82, 2.24) is 0 Å². The Kier molecular flexibility index (Phi) is 2.94. The predicted octanol–water partition coefficient (Wildman–Crippen LogP) is 3.39. The van der Waals surface area contributed by atoms with E-state index in [0.29, 0.717) is 30.0 Å². The highest BCUT2D eigenvalue weighted by Gasteiger charge is 2.33. The van der Waals surface area contributed by atoms with Gasteiger partial charge in [0.2, 0.25) is 0 Å². The Balaban J connectivity index is 2.20. The smallest absolute Gasteiger partial charge is 0.133 e. The van der Waals surface area contributed by atoms with Gasteiger partial charge in [0.15, 0.2) is 0 Å². The normalized spacial score (nSPS) is 27.3. The fourth-order valence-electron chi connectivity index (χ4n) is 2.64. The highest BCUT2D eigenvalue weighted by atomic mass is 16.3. The number of hydrogen-bond acceptors (Lipinski definition) is 2. The molecule has 2 unspecified atom stereocenters. The van der Waals surface area contributed by atoms with E-state index in [1.165, 1.54) is 0 Å². The van der Waals surface area contributed by atoms with Gasteiger partial charge in [-0.25, -0.2) is 0 Å². The summed E-state index contributed by atoms with van der Waals surface area (Å²) < 4.78 is 5.45. The molecule has 0 saturated heterocycles. The summed E-state index contributed by atoms with van der Waals surface area (Å²) in [6.07, 6.45) is 4.13. The van der Waals surface area contributed by atoms with Crippen molar-refractivity contribution in [2.45, 2.75) is 39.0 Å². The van der Waals surface area contributed by atoms with Crippen molar-refractivity contribution >= 4 is 5.78 Å². The summed E-state index contributed by atoms with van der Waals surface area (Å²) in [7, 11) is 0. The fraction of sp³-hybridized carbons (Fsp3) is 0.615. The van der Waals surface area contributed by atoms with Crippen molar-refractivity contribution in [3.05, 3.63) is 24.2 Å². The van der Waals surface area contributed by atoms with E-state index >= 15 is 0 Å². The molecular formula is C13H18O2. The van der Waals surface area contributed by atoms with Crippen molar-refractivity contribution in [3.63, 3.8) is 0 Å². The molecule has 15 heavy (non-hydrogen) atoms. The average molecular weight is 206 g/mol. The van der Waals surface area contributed by atoms with Gasteiger partial charge in [-0.2, -0.15) is 0 Å². The molecular weight excluding hydrogens is 188 g/mol. The first kappa shape index (κ1) is 10.5. The third kappa shape index (κ3) is 2.14. The SMILES string of the molecule is CC(C)C1CCC(=O)CC1c1ccco1. The molecule has 2 nitrogen and oxygen atoms in total. The first-order chi connectivity index (χ1) is 7.18. The van der Waals surface area contributed by atoms with Gasteiger partial charge in [0.25, 0.3) is 0 Å². The zero-order chi connectivity index (χ0) is 10.8. The summed E-state index contributed by atoms with van der Waals surface area (Å²) in [5.41, 5.74) is 0.